The molecule has 1 amide bonds. The van der Waals surface area contributed by atoms with Crippen molar-refractivity contribution >= 4 is 34.5 Å². The number of benzene rings is 2. The van der Waals surface area contributed by atoms with Crippen LogP contribution in [0.15, 0.2) is 71.8 Å². The molecule has 1 aliphatic rings. The molecular weight excluding hydrogens is 532 g/mol. The van der Waals surface area contributed by atoms with Crippen LogP contribution in [0.4, 0.5) is 28.6 Å². The number of nitrogens with one attached hydrogen (secondary N) is 1. The lowest BCUT2D eigenvalue weighted by Gasteiger charge is -2.31. The normalized spacial score (nSPS) is 12.7. The molecule has 0 saturated carbocycles. The second-order valence-electron chi connectivity index (χ2n) is 10.6. The first-order chi connectivity index (χ1) is 20.2. The van der Waals surface area contributed by atoms with Crippen molar-refractivity contribution in [3.63, 3.8) is 0 Å². The van der Waals surface area contributed by atoms with E-state index in [0.29, 0.717) is 53.4 Å². The number of anilines is 5. The molecule has 42 heavy (non-hydrogen) atoms. The predicted octanol–water partition coefficient (Wildman–Crippen LogP) is 3.38. The van der Waals surface area contributed by atoms with Gasteiger partial charge in [0, 0.05) is 69.9 Å². The van der Waals surface area contributed by atoms with E-state index in [9.17, 15) is 19.8 Å². The molecule has 2 aromatic carbocycles. The summed E-state index contributed by atoms with van der Waals surface area (Å²) in [6.07, 6.45) is 4.10. The van der Waals surface area contributed by atoms with Gasteiger partial charge in [-0.1, -0.05) is 12.1 Å². The number of aliphatic hydroxyl groups is 2. The highest BCUT2D eigenvalue weighted by Gasteiger charge is 2.28. The van der Waals surface area contributed by atoms with Crippen molar-refractivity contribution in [2.75, 3.05) is 60.9 Å². The van der Waals surface area contributed by atoms with Gasteiger partial charge in [-0.3, -0.25) is 9.59 Å². The van der Waals surface area contributed by atoms with Crippen molar-refractivity contribution in [3.8, 4) is 11.1 Å². The van der Waals surface area contributed by atoms with Crippen LogP contribution in [0, 0.1) is 0 Å². The largest absolute Gasteiger partial charge is 0.395 e. The molecule has 10 nitrogen and oxygen atoms in total. The zero-order chi connectivity index (χ0) is 30.0. The van der Waals surface area contributed by atoms with Crippen molar-refractivity contribution in [3.05, 3.63) is 94.0 Å². The molecule has 0 fully saturated rings. The summed E-state index contributed by atoms with van der Waals surface area (Å²) in [5, 5.41) is 22.9. The van der Waals surface area contributed by atoms with E-state index in [4.69, 9.17) is 0 Å². The molecule has 5 rings (SSSR count). The maximum absolute atomic E-state index is 13.6. The Balaban J connectivity index is 1.48. The van der Waals surface area contributed by atoms with Crippen LogP contribution in [0.2, 0.25) is 0 Å². The number of aryl methyl sites for hydroxylation is 1. The van der Waals surface area contributed by atoms with E-state index in [0.717, 1.165) is 22.5 Å². The van der Waals surface area contributed by atoms with Crippen molar-refractivity contribution in [1.82, 2.24) is 9.55 Å². The number of carbonyl (C=O) groups is 1. The number of amides is 1. The minimum atomic E-state index is -0.280. The fourth-order valence-corrected chi connectivity index (χ4v) is 5.30. The first kappa shape index (κ1) is 28.8. The summed E-state index contributed by atoms with van der Waals surface area (Å²) in [5.74, 6) is 0.395. The Morgan fingerprint density at radius 2 is 1.76 bits per heavy atom. The van der Waals surface area contributed by atoms with Gasteiger partial charge in [-0.05, 0) is 60.0 Å². The number of aliphatic hydroxyl groups excluding tert-OH is 2. The molecule has 0 spiro atoms. The van der Waals surface area contributed by atoms with E-state index in [1.165, 1.54) is 4.57 Å². The highest BCUT2D eigenvalue weighted by atomic mass is 16.3. The molecule has 0 saturated heterocycles. The fourth-order valence-electron chi connectivity index (χ4n) is 5.30. The van der Waals surface area contributed by atoms with Crippen molar-refractivity contribution in [1.29, 1.82) is 0 Å². The SMILES string of the molecule is CN(C)c1ccc2c(c1)CCN(c1cccc(-c3cc(Nc4ccc(N(C)CCO)cn4)c(=O)n(C)c3)c1CO)C2=O. The van der Waals surface area contributed by atoms with E-state index < -0.39 is 0 Å². The average Bonchev–Trinajstić information content (AvgIpc) is 2.99. The molecule has 0 aliphatic carbocycles. The van der Waals surface area contributed by atoms with E-state index >= 15 is 0 Å². The van der Waals surface area contributed by atoms with Gasteiger partial charge in [0.1, 0.15) is 11.5 Å². The monoisotopic (exact) mass is 568 g/mol. The number of likely N-dealkylation sites (N-methyl/N-ethyl adjacent to an activating group) is 1. The van der Waals surface area contributed by atoms with Gasteiger partial charge in [-0.25, -0.2) is 4.98 Å². The van der Waals surface area contributed by atoms with Crippen LogP contribution in [0.5, 0.6) is 0 Å². The summed E-state index contributed by atoms with van der Waals surface area (Å²) in [6.45, 7) is 0.732. The Bertz CT molecular complexity index is 1670. The van der Waals surface area contributed by atoms with E-state index in [-0.39, 0.29) is 24.7 Å². The number of nitrogens with zero attached hydrogens (tertiary/aromatic N) is 5. The first-order valence-corrected chi connectivity index (χ1v) is 13.8. The smallest absolute Gasteiger partial charge is 0.274 e. The Hall–Kier alpha value is -4.67. The van der Waals surface area contributed by atoms with Gasteiger partial charge >= 0.3 is 0 Å². The third-order valence-corrected chi connectivity index (χ3v) is 7.67. The predicted molar refractivity (Wildman–Crippen MR) is 167 cm³/mol. The van der Waals surface area contributed by atoms with Crippen molar-refractivity contribution < 1.29 is 15.0 Å². The van der Waals surface area contributed by atoms with Gasteiger partial charge in [0.15, 0.2) is 0 Å². The van der Waals surface area contributed by atoms with Crippen LogP contribution in [0.25, 0.3) is 11.1 Å². The van der Waals surface area contributed by atoms with E-state index in [1.807, 2.05) is 67.3 Å². The van der Waals surface area contributed by atoms with Gasteiger partial charge < -0.3 is 34.8 Å². The van der Waals surface area contributed by atoms with Gasteiger partial charge in [-0.15, -0.1) is 0 Å². The zero-order valence-corrected chi connectivity index (χ0v) is 24.3. The highest BCUT2D eigenvalue weighted by molar-refractivity contribution is 6.09. The summed E-state index contributed by atoms with van der Waals surface area (Å²) in [5.41, 5.74) is 6.36. The topological polar surface area (TPSA) is 114 Å². The van der Waals surface area contributed by atoms with Crippen LogP contribution in [-0.4, -0.2) is 66.5 Å². The number of hydrogen-bond acceptors (Lipinski definition) is 8. The second-order valence-corrected chi connectivity index (χ2v) is 10.6. The van der Waals surface area contributed by atoms with E-state index in [1.54, 1.807) is 36.5 Å². The zero-order valence-electron chi connectivity index (χ0n) is 24.3. The molecule has 3 N–H and O–H groups in total. The Kier molecular flexibility index (Phi) is 8.28. The Morgan fingerprint density at radius 3 is 2.45 bits per heavy atom. The molecule has 4 aromatic rings. The molecule has 3 heterocycles. The molecule has 0 radical (unpaired) electrons. The molecule has 0 bridgehead atoms. The van der Waals surface area contributed by atoms with Crippen LogP contribution in [0.1, 0.15) is 21.5 Å². The average molecular weight is 569 g/mol. The quantitative estimate of drug-likeness (QED) is 0.282. The third kappa shape index (κ3) is 5.59. The van der Waals surface area contributed by atoms with Gasteiger partial charge in [0.05, 0.1) is 30.8 Å². The lowest BCUT2D eigenvalue weighted by molar-refractivity contribution is 0.0980. The van der Waals surface area contributed by atoms with Gasteiger partial charge in [0.2, 0.25) is 0 Å². The van der Waals surface area contributed by atoms with Crippen LogP contribution >= 0.6 is 0 Å². The molecule has 0 atom stereocenters. The van der Waals surface area contributed by atoms with Gasteiger partial charge in [-0.2, -0.15) is 0 Å². The second kappa shape index (κ2) is 12.1. The maximum atomic E-state index is 13.6. The molecule has 2 aromatic heterocycles. The Morgan fingerprint density at radius 1 is 0.976 bits per heavy atom. The first-order valence-electron chi connectivity index (χ1n) is 13.8. The molecule has 1 aliphatic heterocycles. The Labute approximate surface area is 245 Å². The molecule has 10 heteroatoms. The number of hydrogen-bond donors (Lipinski definition) is 3. The molecule has 0 unspecified atom stereocenters. The fraction of sp³-hybridized carbons (Fsp3) is 0.281. The summed E-state index contributed by atoms with van der Waals surface area (Å²) in [7, 11) is 7.49. The van der Waals surface area contributed by atoms with Crippen molar-refractivity contribution in [2.45, 2.75) is 13.0 Å². The third-order valence-electron chi connectivity index (χ3n) is 7.67. The van der Waals surface area contributed by atoms with Crippen molar-refractivity contribution in [2.24, 2.45) is 7.05 Å². The van der Waals surface area contributed by atoms with Crippen LogP contribution in [-0.2, 0) is 20.1 Å². The summed E-state index contributed by atoms with van der Waals surface area (Å²) in [6, 6.07) is 16.9. The van der Waals surface area contributed by atoms with Crippen LogP contribution in [0.3, 0.4) is 0 Å². The standard InChI is InChI=1S/C32H36N6O4/c1-35(2)23-8-10-26-21(16-23)12-13-38(31(26)41)29-7-5-6-25(27(29)20-40)22-17-28(32(42)37(4)19-22)34-30-11-9-24(18-33-30)36(3)14-15-39/h5-11,16-19,39-40H,12-15,20H2,1-4H3,(H,33,34). The minimum absolute atomic E-state index is 0.0349. The lowest BCUT2D eigenvalue weighted by Crippen LogP contribution is -2.38. The molecular formula is C32H36N6O4. The highest BCUT2D eigenvalue weighted by Crippen LogP contribution is 2.35. The minimum Gasteiger partial charge on any atom is -0.395 e. The summed E-state index contributed by atoms with van der Waals surface area (Å²) < 4.78 is 1.49. The number of fused-ring (bicyclic) bond motifs is 1. The van der Waals surface area contributed by atoms with Crippen LogP contribution < -0.4 is 25.6 Å². The number of carbonyl (C=O) groups excluding carboxylic acids is 1. The maximum Gasteiger partial charge on any atom is 0.274 e. The molecule has 218 valence electrons. The number of pyridine rings is 2. The summed E-state index contributed by atoms with van der Waals surface area (Å²) >= 11 is 0. The number of rotatable bonds is 9. The van der Waals surface area contributed by atoms with E-state index in [2.05, 4.69) is 16.4 Å². The lowest BCUT2D eigenvalue weighted by atomic mass is 9.94. The number of aromatic nitrogens is 2. The van der Waals surface area contributed by atoms with Gasteiger partial charge in [0.25, 0.3) is 11.5 Å². The summed E-state index contributed by atoms with van der Waals surface area (Å²) in [4.78, 5) is 36.7.